The number of aliphatic hydroxyl groups excluding tert-OH is 1. The zero-order valence-corrected chi connectivity index (χ0v) is 33.1. The fraction of sp³-hybridized carbons (Fsp3) is 0.683. The molecule has 2 N–H and O–H groups in total. The third-order valence-electron chi connectivity index (χ3n) is 11.7. The third kappa shape index (κ3) is 8.88. The standard InChI is InChI=1S/C41H57FN2O10/c1-11-31-41(8)34(43-38(50)54-41)25(4)32(46)24(3)22-39(6,51-19-15-18-29(45)27-16-13-12-14-17-27)36(26(5)35(48)40(7,42)37(49)53-31)52-30-21-23(2)20-28(33(30)47)44(9)10/h12-14,16-17,23-26,28,30-31,33-34,36,47H,11,19-22H2,1-10H3,(H,43,50)/t23-,24-,25-,26+,28+,30-,31+,33-,34-,36-,39+,40?,41-/m1/s1. The molecule has 1 saturated carbocycles. The maximum absolute atomic E-state index is 16.8. The second kappa shape index (κ2) is 17.0. The van der Waals surface area contributed by atoms with Crippen molar-refractivity contribution in [3.05, 3.63) is 35.9 Å². The lowest BCUT2D eigenvalue weighted by Crippen LogP contribution is -2.61. The lowest BCUT2D eigenvalue weighted by molar-refractivity contribution is -0.211. The highest BCUT2D eigenvalue weighted by Crippen LogP contribution is 2.41. The van der Waals surface area contributed by atoms with Crippen molar-refractivity contribution in [3.63, 3.8) is 0 Å². The molecule has 1 unspecified atom stereocenters. The topological polar surface area (TPSA) is 158 Å². The highest BCUT2D eigenvalue weighted by Gasteiger charge is 2.59. The maximum atomic E-state index is 16.8. The molecule has 1 aliphatic carbocycles. The molecule has 1 aromatic carbocycles. The quantitative estimate of drug-likeness (QED) is 0.133. The van der Waals surface area contributed by atoms with Gasteiger partial charge in [-0.3, -0.25) is 14.4 Å². The minimum absolute atomic E-state index is 0.0782. The van der Waals surface area contributed by atoms with Gasteiger partial charge in [0, 0.05) is 29.4 Å². The summed E-state index contributed by atoms with van der Waals surface area (Å²) in [6.07, 6.45) is -4.12. The van der Waals surface area contributed by atoms with Crippen LogP contribution in [-0.4, -0.2) is 113 Å². The van der Waals surface area contributed by atoms with Crippen LogP contribution >= 0.6 is 0 Å². The molecule has 2 saturated heterocycles. The Hall–Kier alpha value is -3.70. The Morgan fingerprint density at radius 2 is 1.69 bits per heavy atom. The summed E-state index contributed by atoms with van der Waals surface area (Å²) in [6.45, 7) is 12.1. The first-order valence-electron chi connectivity index (χ1n) is 18.9. The van der Waals surface area contributed by atoms with Crippen LogP contribution in [0.5, 0.6) is 0 Å². The summed E-state index contributed by atoms with van der Waals surface area (Å²) in [5.41, 5.74) is -5.97. The van der Waals surface area contributed by atoms with Gasteiger partial charge in [-0.25, -0.2) is 14.0 Å². The van der Waals surface area contributed by atoms with Gasteiger partial charge in [-0.15, -0.1) is 0 Å². The number of rotatable bonds is 7. The molecule has 2 aliphatic heterocycles. The van der Waals surface area contributed by atoms with E-state index in [2.05, 4.69) is 17.2 Å². The highest BCUT2D eigenvalue weighted by molar-refractivity contribution is 6.09. The van der Waals surface area contributed by atoms with E-state index in [4.69, 9.17) is 18.9 Å². The number of aliphatic hydroxyl groups is 1. The number of halogens is 1. The number of esters is 1. The monoisotopic (exact) mass is 756 g/mol. The first kappa shape index (κ1) is 43.0. The van der Waals surface area contributed by atoms with E-state index in [-0.39, 0.29) is 37.2 Å². The fourth-order valence-electron chi connectivity index (χ4n) is 8.58. The van der Waals surface area contributed by atoms with Gasteiger partial charge in [0.2, 0.25) is 5.78 Å². The van der Waals surface area contributed by atoms with E-state index in [0.29, 0.717) is 18.4 Å². The van der Waals surface area contributed by atoms with Gasteiger partial charge in [0.05, 0.1) is 30.0 Å². The summed E-state index contributed by atoms with van der Waals surface area (Å²) in [5, 5.41) is 14.3. The number of Topliss-reactive ketones (excluding diaryl/α,β-unsaturated/α-hetero) is 3. The van der Waals surface area contributed by atoms with Crippen LogP contribution < -0.4 is 5.32 Å². The normalized spacial score (nSPS) is 39.4. The van der Waals surface area contributed by atoms with Crippen LogP contribution in [0.15, 0.2) is 30.3 Å². The van der Waals surface area contributed by atoms with E-state index >= 15 is 4.39 Å². The Balaban J connectivity index is 1.84. The molecular formula is C41H57FN2O10. The summed E-state index contributed by atoms with van der Waals surface area (Å²) in [7, 11) is 3.69. The predicted octanol–water partition coefficient (Wildman–Crippen LogP) is 4.49. The van der Waals surface area contributed by atoms with E-state index in [1.54, 1.807) is 58.0 Å². The van der Waals surface area contributed by atoms with Crippen molar-refractivity contribution in [1.82, 2.24) is 10.2 Å². The number of ketones is 3. The van der Waals surface area contributed by atoms with Gasteiger partial charge < -0.3 is 34.3 Å². The van der Waals surface area contributed by atoms with E-state index in [1.165, 1.54) is 13.8 Å². The van der Waals surface area contributed by atoms with Gasteiger partial charge in [-0.05, 0) is 72.4 Å². The number of hydrogen-bond donors (Lipinski definition) is 2. The van der Waals surface area contributed by atoms with Gasteiger partial charge in [0.25, 0.3) is 5.67 Å². The second-order valence-electron chi connectivity index (χ2n) is 16.2. The Bertz CT molecular complexity index is 1620. The van der Waals surface area contributed by atoms with E-state index < -0.39 is 88.7 Å². The molecule has 2 heterocycles. The molecule has 0 aromatic heterocycles. The van der Waals surface area contributed by atoms with E-state index in [1.807, 2.05) is 25.9 Å². The molecule has 3 fully saturated rings. The minimum Gasteiger partial charge on any atom is -0.455 e. The Morgan fingerprint density at radius 1 is 1.04 bits per heavy atom. The van der Waals surface area contributed by atoms with Gasteiger partial charge in [0.1, 0.15) is 18.5 Å². The van der Waals surface area contributed by atoms with Crippen LogP contribution in [0.25, 0.3) is 0 Å². The van der Waals surface area contributed by atoms with Crippen molar-refractivity contribution < 1.29 is 52.4 Å². The first-order valence-corrected chi connectivity index (χ1v) is 18.9. The van der Waals surface area contributed by atoms with Crippen LogP contribution in [0.4, 0.5) is 9.18 Å². The van der Waals surface area contributed by atoms with Gasteiger partial charge in [-0.1, -0.05) is 70.9 Å². The van der Waals surface area contributed by atoms with E-state index in [9.17, 15) is 29.1 Å². The molecule has 1 amide bonds. The number of alkyl halides is 1. The van der Waals surface area contributed by atoms with Gasteiger partial charge >= 0.3 is 12.1 Å². The molecule has 54 heavy (non-hydrogen) atoms. The molecule has 4 rings (SSSR count). The summed E-state index contributed by atoms with van der Waals surface area (Å²) >= 11 is 0. The molecule has 3 aliphatic rings. The Kier molecular flexibility index (Phi) is 13.5. The highest BCUT2D eigenvalue weighted by atomic mass is 19.1. The van der Waals surface area contributed by atoms with Crippen LogP contribution in [0, 0.1) is 35.5 Å². The fourth-order valence-corrected chi connectivity index (χ4v) is 8.58. The number of nitrogens with one attached hydrogen (secondary N) is 1. The van der Waals surface area contributed by atoms with Crippen LogP contribution in [0.1, 0.15) is 91.4 Å². The number of likely N-dealkylation sites (N-methyl/N-ethyl adjacent to an activating group) is 1. The molecular weight excluding hydrogens is 699 g/mol. The number of cyclic esters (lactones) is 1. The maximum Gasteiger partial charge on any atom is 0.408 e. The second-order valence-corrected chi connectivity index (χ2v) is 16.2. The molecule has 13 atom stereocenters. The first-order chi connectivity index (χ1) is 25.2. The molecule has 0 bridgehead atoms. The van der Waals surface area contributed by atoms with Crippen LogP contribution in [-0.2, 0) is 33.3 Å². The number of fused-ring (bicyclic) bond motifs is 1. The lowest BCUT2D eigenvalue weighted by Gasteiger charge is -2.47. The van der Waals surface area contributed by atoms with Gasteiger partial charge in [0.15, 0.2) is 11.4 Å². The van der Waals surface area contributed by atoms with Crippen molar-refractivity contribution >= 4 is 29.4 Å². The number of nitrogens with zero attached hydrogens (tertiary/aromatic N) is 1. The summed E-state index contributed by atoms with van der Waals surface area (Å²) < 4.78 is 41.3. The molecule has 12 nitrogen and oxygen atoms in total. The van der Waals surface area contributed by atoms with Crippen LogP contribution in [0.3, 0.4) is 0 Å². The van der Waals surface area contributed by atoms with Crippen molar-refractivity contribution in [2.24, 2.45) is 23.7 Å². The zero-order valence-electron chi connectivity index (χ0n) is 33.1. The van der Waals surface area contributed by atoms with Crippen molar-refractivity contribution in [3.8, 4) is 11.8 Å². The van der Waals surface area contributed by atoms with Crippen molar-refractivity contribution in [1.29, 1.82) is 0 Å². The average Bonchev–Trinajstić information content (AvgIpc) is 3.44. The summed E-state index contributed by atoms with van der Waals surface area (Å²) in [5.74, 6) is -1.04. The third-order valence-corrected chi connectivity index (χ3v) is 11.7. The number of carbonyl (C=O) groups is 5. The SMILES string of the molecule is CC[C@@H]1OC(=O)C(C)(F)C(=O)[C@H](C)[C@@H](O[C@@H]2C[C@H](C)C[C@H](N(C)C)[C@H]2O)[C@@](C)(OCC#CC(=O)c2ccccc2)C[C@@H](C)C(=O)[C@@H](C)[C@H]2NC(=O)O[C@]12C. The van der Waals surface area contributed by atoms with Crippen molar-refractivity contribution in [2.45, 2.75) is 134 Å². The molecule has 0 spiro atoms. The predicted molar refractivity (Wildman–Crippen MR) is 197 cm³/mol. The summed E-state index contributed by atoms with van der Waals surface area (Å²) in [4.78, 5) is 69.7. The largest absolute Gasteiger partial charge is 0.455 e. The molecule has 0 radical (unpaired) electrons. The van der Waals surface area contributed by atoms with Crippen molar-refractivity contribution in [2.75, 3.05) is 20.7 Å². The minimum atomic E-state index is -3.19. The number of ether oxygens (including phenoxy) is 4. The smallest absolute Gasteiger partial charge is 0.408 e. The number of amides is 1. The average molecular weight is 757 g/mol. The lowest BCUT2D eigenvalue weighted by atomic mass is 9.73. The number of carbonyl (C=O) groups excluding carboxylic acids is 5. The van der Waals surface area contributed by atoms with Crippen LogP contribution in [0.2, 0.25) is 0 Å². The number of alkyl carbamates (subject to hydrolysis) is 1. The molecule has 1 aromatic rings. The zero-order chi connectivity index (χ0) is 40.3. The molecule has 13 heteroatoms. The number of hydrogen-bond acceptors (Lipinski definition) is 11. The Morgan fingerprint density at radius 3 is 2.30 bits per heavy atom. The molecule has 298 valence electrons. The van der Waals surface area contributed by atoms with E-state index in [0.717, 1.165) is 6.92 Å². The summed E-state index contributed by atoms with van der Waals surface area (Å²) in [6, 6.07) is 7.19. The Labute approximate surface area is 318 Å². The number of benzene rings is 1. The van der Waals surface area contributed by atoms with Gasteiger partial charge in [-0.2, -0.15) is 0 Å².